The van der Waals surface area contributed by atoms with Crippen LogP contribution in [0.4, 0.5) is 0 Å². The molecule has 0 N–H and O–H groups in total. The van der Waals surface area contributed by atoms with Gasteiger partial charge in [-0.2, -0.15) is 0 Å². The van der Waals surface area contributed by atoms with Crippen molar-refractivity contribution in [2.24, 2.45) is 11.8 Å². The van der Waals surface area contributed by atoms with Gasteiger partial charge in [-0.1, -0.05) is 133 Å². The predicted octanol–water partition coefficient (Wildman–Crippen LogP) is 10.0. The van der Waals surface area contributed by atoms with Crippen molar-refractivity contribution in [1.29, 1.82) is 0 Å². The number of para-hydroxylation sites is 1. The van der Waals surface area contributed by atoms with Crippen molar-refractivity contribution in [3.8, 4) is 11.3 Å². The third kappa shape index (κ3) is 4.40. The van der Waals surface area contributed by atoms with Gasteiger partial charge in [0.25, 0.3) is 0 Å². The van der Waals surface area contributed by atoms with E-state index in [1.807, 2.05) is 0 Å². The number of nitrogens with zero attached hydrogens (tertiary/aromatic N) is 2. The van der Waals surface area contributed by atoms with Gasteiger partial charge in [-0.05, 0) is 52.8 Å². The van der Waals surface area contributed by atoms with Gasteiger partial charge in [-0.3, -0.25) is 4.40 Å². The fourth-order valence-corrected chi connectivity index (χ4v) is 6.48. The predicted molar refractivity (Wildman–Crippen MR) is 171 cm³/mol. The summed E-state index contributed by atoms with van der Waals surface area (Å²) >= 11 is 0. The van der Waals surface area contributed by atoms with Crippen LogP contribution in [0.1, 0.15) is 63.9 Å². The number of pyridine rings is 1. The molecule has 0 saturated heterocycles. The first-order valence-electron chi connectivity index (χ1n) is 14.8. The standard InChI is InChI=1S/C38H40N2/c1-25(2)23-27-15-14-16-28(24-26(3)4)34(27)35-36(38(5,6)29-17-8-7-9-18-29)39-37-32-21-11-10-19-30(32)31-20-12-13-22-33(31)40(35)37/h7-22,25-26H,23-24H2,1-6H3. The molecule has 0 spiro atoms. The Morgan fingerprint density at radius 2 is 1.18 bits per heavy atom. The van der Waals surface area contributed by atoms with Crippen molar-refractivity contribution >= 4 is 27.3 Å². The SMILES string of the molecule is CC(C)Cc1cccc(CC(C)C)c1-c1c(C(C)(C)c2ccccc2)nc2c3ccccc3c3ccccc3n12. The zero-order chi connectivity index (χ0) is 28.0. The summed E-state index contributed by atoms with van der Waals surface area (Å²) in [6.45, 7) is 14.0. The van der Waals surface area contributed by atoms with Crippen molar-refractivity contribution in [1.82, 2.24) is 9.38 Å². The van der Waals surface area contributed by atoms with E-state index < -0.39 is 0 Å². The molecule has 0 saturated carbocycles. The number of hydrogen-bond donors (Lipinski definition) is 0. The highest BCUT2D eigenvalue weighted by Gasteiger charge is 2.33. The summed E-state index contributed by atoms with van der Waals surface area (Å²) in [6.07, 6.45) is 2.07. The molecule has 2 heteroatoms. The Bertz CT molecular complexity index is 1790. The molecule has 0 aliphatic carbocycles. The largest absolute Gasteiger partial charge is 0.291 e. The number of hydrogen-bond acceptors (Lipinski definition) is 1. The number of aromatic nitrogens is 2. The number of imidazole rings is 1. The zero-order valence-electron chi connectivity index (χ0n) is 24.7. The smallest absolute Gasteiger partial charge is 0.146 e. The highest BCUT2D eigenvalue weighted by atomic mass is 15.0. The lowest BCUT2D eigenvalue weighted by atomic mass is 9.78. The molecule has 6 rings (SSSR count). The number of benzene rings is 4. The van der Waals surface area contributed by atoms with Crippen LogP contribution in [0.3, 0.4) is 0 Å². The minimum Gasteiger partial charge on any atom is -0.291 e. The minimum atomic E-state index is -0.301. The average molecular weight is 525 g/mol. The van der Waals surface area contributed by atoms with Gasteiger partial charge in [0.15, 0.2) is 0 Å². The molecule has 0 radical (unpaired) electrons. The maximum absolute atomic E-state index is 5.62. The maximum Gasteiger partial charge on any atom is 0.146 e. The molecule has 202 valence electrons. The third-order valence-corrected chi connectivity index (χ3v) is 8.30. The molecule has 0 aliphatic rings. The summed E-state index contributed by atoms with van der Waals surface area (Å²) in [4.78, 5) is 5.62. The van der Waals surface area contributed by atoms with Crippen LogP contribution in [0.5, 0.6) is 0 Å². The molecule has 0 bridgehead atoms. The Morgan fingerprint density at radius 3 is 1.80 bits per heavy atom. The van der Waals surface area contributed by atoms with Crippen molar-refractivity contribution in [3.05, 3.63) is 119 Å². The summed E-state index contributed by atoms with van der Waals surface area (Å²) in [5.74, 6) is 1.10. The Balaban J connectivity index is 1.85. The topological polar surface area (TPSA) is 17.3 Å². The second kappa shape index (κ2) is 10.2. The molecule has 40 heavy (non-hydrogen) atoms. The summed E-state index contributed by atoms with van der Waals surface area (Å²) in [5, 5.41) is 3.72. The Kier molecular flexibility index (Phi) is 6.74. The van der Waals surface area contributed by atoms with Gasteiger partial charge >= 0.3 is 0 Å². The van der Waals surface area contributed by atoms with Crippen molar-refractivity contribution < 1.29 is 0 Å². The normalized spacial score (nSPS) is 12.4. The van der Waals surface area contributed by atoms with Crippen molar-refractivity contribution in [2.45, 2.75) is 59.8 Å². The lowest BCUT2D eigenvalue weighted by Crippen LogP contribution is -2.21. The molecule has 2 nitrogen and oxygen atoms in total. The molecule has 0 unspecified atom stereocenters. The molecule has 0 aliphatic heterocycles. The van der Waals surface area contributed by atoms with Crippen LogP contribution >= 0.6 is 0 Å². The first kappa shape index (κ1) is 26.3. The lowest BCUT2D eigenvalue weighted by molar-refractivity contribution is 0.620. The molecule has 0 atom stereocenters. The van der Waals surface area contributed by atoms with Crippen LogP contribution in [0.25, 0.3) is 38.6 Å². The summed E-state index contributed by atoms with van der Waals surface area (Å²) in [6, 6.07) is 35.5. The zero-order valence-corrected chi connectivity index (χ0v) is 24.7. The first-order valence-corrected chi connectivity index (χ1v) is 14.8. The van der Waals surface area contributed by atoms with Crippen LogP contribution in [0.15, 0.2) is 97.1 Å². The highest BCUT2D eigenvalue weighted by molar-refractivity contribution is 6.12. The monoisotopic (exact) mass is 524 g/mol. The van der Waals surface area contributed by atoms with E-state index >= 15 is 0 Å². The van der Waals surface area contributed by atoms with Gasteiger partial charge in [-0.15, -0.1) is 0 Å². The van der Waals surface area contributed by atoms with Crippen LogP contribution in [-0.4, -0.2) is 9.38 Å². The van der Waals surface area contributed by atoms with Gasteiger partial charge in [-0.25, -0.2) is 4.98 Å². The molecule has 2 aromatic heterocycles. The Labute approximate surface area is 238 Å². The number of fused-ring (bicyclic) bond motifs is 6. The fraction of sp³-hybridized carbons (Fsp3) is 0.289. The van der Waals surface area contributed by atoms with Gasteiger partial charge in [0, 0.05) is 21.8 Å². The van der Waals surface area contributed by atoms with Gasteiger partial charge in [0.2, 0.25) is 0 Å². The Hall–Kier alpha value is -3.91. The van der Waals surface area contributed by atoms with Gasteiger partial charge < -0.3 is 0 Å². The maximum atomic E-state index is 5.62. The summed E-state index contributed by atoms with van der Waals surface area (Å²) < 4.78 is 2.49. The van der Waals surface area contributed by atoms with Crippen LogP contribution < -0.4 is 0 Å². The number of rotatable bonds is 7. The second-order valence-electron chi connectivity index (χ2n) is 12.7. The summed E-state index contributed by atoms with van der Waals surface area (Å²) in [7, 11) is 0. The van der Waals surface area contributed by atoms with Gasteiger partial charge in [0.1, 0.15) is 5.65 Å². The van der Waals surface area contributed by atoms with E-state index in [2.05, 4.69) is 143 Å². The van der Waals surface area contributed by atoms with Crippen LogP contribution in [0.2, 0.25) is 0 Å². The molecule has 0 amide bonds. The van der Waals surface area contributed by atoms with E-state index in [1.165, 1.54) is 49.6 Å². The van der Waals surface area contributed by atoms with E-state index in [9.17, 15) is 0 Å². The molecule has 0 fully saturated rings. The molecule has 2 heterocycles. The third-order valence-electron chi connectivity index (χ3n) is 8.30. The van der Waals surface area contributed by atoms with Gasteiger partial charge in [0.05, 0.1) is 16.9 Å². The lowest BCUT2D eigenvalue weighted by Gasteiger charge is -2.27. The minimum absolute atomic E-state index is 0.301. The highest BCUT2D eigenvalue weighted by Crippen LogP contribution is 2.44. The average Bonchev–Trinajstić information content (AvgIpc) is 3.35. The van der Waals surface area contributed by atoms with Crippen molar-refractivity contribution in [2.75, 3.05) is 0 Å². The van der Waals surface area contributed by atoms with E-state index in [0.29, 0.717) is 11.8 Å². The van der Waals surface area contributed by atoms with Crippen LogP contribution in [-0.2, 0) is 18.3 Å². The van der Waals surface area contributed by atoms with Crippen molar-refractivity contribution in [3.63, 3.8) is 0 Å². The molecule has 4 aromatic carbocycles. The van der Waals surface area contributed by atoms with E-state index in [0.717, 1.165) is 24.2 Å². The quantitative estimate of drug-likeness (QED) is 0.190. The summed E-state index contributed by atoms with van der Waals surface area (Å²) in [5.41, 5.74) is 9.82. The molecular formula is C38H40N2. The second-order valence-corrected chi connectivity index (χ2v) is 12.7. The Morgan fingerprint density at radius 1 is 0.625 bits per heavy atom. The van der Waals surface area contributed by atoms with E-state index in [1.54, 1.807) is 0 Å². The van der Waals surface area contributed by atoms with Crippen LogP contribution in [0, 0.1) is 11.8 Å². The fourth-order valence-electron chi connectivity index (χ4n) is 6.48. The van der Waals surface area contributed by atoms with E-state index in [-0.39, 0.29) is 5.41 Å². The van der Waals surface area contributed by atoms with E-state index in [4.69, 9.17) is 4.98 Å². The molecule has 6 aromatic rings. The first-order chi connectivity index (χ1) is 19.3. The molecular weight excluding hydrogens is 484 g/mol.